The van der Waals surface area contributed by atoms with Crippen LogP contribution in [0.15, 0.2) is 53.9 Å². The predicted octanol–water partition coefficient (Wildman–Crippen LogP) is 6.53. The van der Waals surface area contributed by atoms with Gasteiger partial charge in [0.05, 0.1) is 5.69 Å². The van der Waals surface area contributed by atoms with Gasteiger partial charge in [-0.2, -0.15) is 0 Å². The molecule has 0 unspecified atom stereocenters. The fraction of sp³-hybridized carbons (Fsp3) is 0.182. The number of nitrogens with one attached hydrogen (secondary N) is 1. The number of ether oxygens (including phenoxy) is 2. The number of fused-ring (bicyclic) bond motifs is 1. The maximum atomic E-state index is 5.44. The molecule has 7 heteroatoms. The van der Waals surface area contributed by atoms with Gasteiger partial charge in [-0.1, -0.05) is 44.2 Å². The molecule has 2 aromatic carbocycles. The van der Waals surface area contributed by atoms with Gasteiger partial charge in [0.1, 0.15) is 10.7 Å². The van der Waals surface area contributed by atoms with Gasteiger partial charge < -0.3 is 14.8 Å². The second kappa shape index (κ2) is 7.50. The Morgan fingerprint density at radius 1 is 1.00 bits per heavy atom. The Morgan fingerprint density at radius 3 is 2.66 bits per heavy atom. The van der Waals surface area contributed by atoms with E-state index in [1.807, 2.05) is 29.6 Å². The van der Waals surface area contributed by atoms with Crippen LogP contribution in [0.1, 0.15) is 24.6 Å². The third-order valence-corrected chi connectivity index (χ3v) is 6.71. The number of anilines is 2. The van der Waals surface area contributed by atoms with Gasteiger partial charge in [0.15, 0.2) is 16.6 Å². The van der Waals surface area contributed by atoms with Crippen LogP contribution in [-0.4, -0.2) is 16.8 Å². The van der Waals surface area contributed by atoms with E-state index >= 15 is 0 Å². The number of aromatic nitrogens is 2. The molecule has 0 fully saturated rings. The summed E-state index contributed by atoms with van der Waals surface area (Å²) in [5.74, 6) is 1.93. The third kappa shape index (κ3) is 3.59. The summed E-state index contributed by atoms with van der Waals surface area (Å²) in [5, 5.41) is 7.16. The van der Waals surface area contributed by atoms with Crippen LogP contribution in [0.2, 0.25) is 0 Å². The molecular weight excluding hydrogens is 402 g/mol. The van der Waals surface area contributed by atoms with E-state index in [4.69, 9.17) is 19.4 Å². The summed E-state index contributed by atoms with van der Waals surface area (Å²) in [6, 6.07) is 16.1. The Labute approximate surface area is 177 Å². The number of thiazole rings is 2. The van der Waals surface area contributed by atoms with E-state index in [1.165, 1.54) is 4.88 Å². The number of hydrogen-bond donors (Lipinski definition) is 1. The van der Waals surface area contributed by atoms with E-state index < -0.39 is 0 Å². The lowest BCUT2D eigenvalue weighted by molar-refractivity contribution is 0.174. The van der Waals surface area contributed by atoms with E-state index in [9.17, 15) is 0 Å². The van der Waals surface area contributed by atoms with Gasteiger partial charge >= 0.3 is 0 Å². The number of benzene rings is 2. The zero-order valence-electron chi connectivity index (χ0n) is 16.0. The van der Waals surface area contributed by atoms with Crippen molar-refractivity contribution in [3.05, 3.63) is 58.8 Å². The molecule has 0 bridgehead atoms. The summed E-state index contributed by atoms with van der Waals surface area (Å²) in [5.41, 5.74) is 4.01. The van der Waals surface area contributed by atoms with E-state index in [0.29, 0.717) is 5.92 Å². The molecule has 0 amide bonds. The van der Waals surface area contributed by atoms with Crippen molar-refractivity contribution in [1.29, 1.82) is 0 Å². The molecule has 5 rings (SSSR count). The van der Waals surface area contributed by atoms with E-state index in [1.54, 1.807) is 22.7 Å². The molecule has 29 heavy (non-hydrogen) atoms. The summed E-state index contributed by atoms with van der Waals surface area (Å²) in [4.78, 5) is 11.0. The molecular formula is C22H19N3O2S2. The van der Waals surface area contributed by atoms with E-state index in [2.05, 4.69) is 43.4 Å². The van der Waals surface area contributed by atoms with Crippen molar-refractivity contribution in [2.45, 2.75) is 19.8 Å². The second-order valence-electron chi connectivity index (χ2n) is 6.98. The minimum Gasteiger partial charge on any atom is -0.454 e. The Hall–Kier alpha value is -2.90. The molecule has 3 heterocycles. The standard InChI is InChI=1S/C22H19N3O2S2/c1-13(2)20-19(14-6-4-3-5-7-14)25-21(29-20)16-11-28-22(24-16)23-15-8-9-17-18(10-15)27-12-26-17/h3-11,13H,12H2,1-2H3,(H,23,24). The van der Waals surface area contributed by atoms with E-state index in [-0.39, 0.29) is 6.79 Å². The molecule has 1 aliphatic rings. The van der Waals surface area contributed by atoms with Crippen molar-refractivity contribution in [3.63, 3.8) is 0 Å². The van der Waals surface area contributed by atoms with Crippen molar-refractivity contribution in [2.75, 3.05) is 12.1 Å². The van der Waals surface area contributed by atoms with Crippen LogP contribution in [-0.2, 0) is 0 Å². The Morgan fingerprint density at radius 2 is 1.83 bits per heavy atom. The van der Waals surface area contributed by atoms with Gasteiger partial charge in [0.2, 0.25) is 6.79 Å². The first-order valence-corrected chi connectivity index (χ1v) is 11.1. The first-order valence-electron chi connectivity index (χ1n) is 9.36. The first kappa shape index (κ1) is 18.1. The van der Waals surface area contributed by atoms with Crippen LogP contribution >= 0.6 is 22.7 Å². The topological polar surface area (TPSA) is 56.3 Å². The smallest absolute Gasteiger partial charge is 0.231 e. The molecule has 4 aromatic rings. The predicted molar refractivity (Wildman–Crippen MR) is 119 cm³/mol. The van der Waals surface area contributed by atoms with Crippen LogP contribution in [0, 0.1) is 0 Å². The van der Waals surface area contributed by atoms with Crippen molar-refractivity contribution < 1.29 is 9.47 Å². The van der Waals surface area contributed by atoms with Gasteiger partial charge in [-0.15, -0.1) is 22.7 Å². The Balaban J connectivity index is 1.43. The lowest BCUT2D eigenvalue weighted by Crippen LogP contribution is -1.93. The van der Waals surface area contributed by atoms with Crippen molar-refractivity contribution in [3.8, 4) is 33.5 Å². The van der Waals surface area contributed by atoms with Gasteiger partial charge in [-0.05, 0) is 18.1 Å². The molecule has 146 valence electrons. The van der Waals surface area contributed by atoms with Crippen molar-refractivity contribution >= 4 is 33.5 Å². The van der Waals surface area contributed by atoms with Crippen molar-refractivity contribution in [1.82, 2.24) is 9.97 Å². The maximum Gasteiger partial charge on any atom is 0.231 e. The molecule has 1 aliphatic heterocycles. The number of nitrogens with zero attached hydrogens (tertiary/aromatic N) is 2. The van der Waals surface area contributed by atoms with Gasteiger partial charge in [-0.25, -0.2) is 9.97 Å². The minimum absolute atomic E-state index is 0.270. The van der Waals surface area contributed by atoms with Crippen LogP contribution < -0.4 is 14.8 Å². The highest BCUT2D eigenvalue weighted by molar-refractivity contribution is 7.17. The highest BCUT2D eigenvalue weighted by atomic mass is 32.1. The average Bonchev–Trinajstić information content (AvgIpc) is 3.47. The second-order valence-corrected chi connectivity index (χ2v) is 8.87. The average molecular weight is 422 g/mol. The summed E-state index contributed by atoms with van der Waals surface area (Å²) < 4.78 is 10.8. The van der Waals surface area contributed by atoms with Gasteiger partial charge in [-0.3, -0.25) is 0 Å². The molecule has 2 aromatic heterocycles. The number of rotatable bonds is 5. The van der Waals surface area contributed by atoms with Gasteiger partial charge in [0, 0.05) is 27.6 Å². The van der Waals surface area contributed by atoms with Crippen LogP contribution in [0.3, 0.4) is 0 Å². The lowest BCUT2D eigenvalue weighted by Gasteiger charge is -2.04. The quantitative estimate of drug-likeness (QED) is 0.397. The van der Waals surface area contributed by atoms with Crippen molar-refractivity contribution in [2.24, 2.45) is 0 Å². The monoisotopic (exact) mass is 421 g/mol. The Kier molecular flexibility index (Phi) is 4.69. The fourth-order valence-corrected chi connectivity index (χ4v) is 5.00. The molecule has 5 nitrogen and oxygen atoms in total. The molecule has 1 N–H and O–H groups in total. The summed E-state index contributed by atoms with van der Waals surface area (Å²) in [6.45, 7) is 4.68. The summed E-state index contributed by atoms with van der Waals surface area (Å²) >= 11 is 3.28. The molecule has 0 saturated carbocycles. The summed E-state index contributed by atoms with van der Waals surface area (Å²) in [7, 11) is 0. The highest BCUT2D eigenvalue weighted by Gasteiger charge is 2.19. The fourth-order valence-electron chi connectivity index (χ4n) is 3.16. The molecule has 0 radical (unpaired) electrons. The van der Waals surface area contributed by atoms with E-state index in [0.717, 1.165) is 44.3 Å². The third-order valence-electron chi connectivity index (χ3n) is 4.57. The SMILES string of the molecule is CC(C)c1sc(-c2csc(Nc3ccc4c(c3)OCO4)n2)nc1-c1ccccc1. The molecule has 0 spiro atoms. The lowest BCUT2D eigenvalue weighted by atomic mass is 10.1. The maximum absolute atomic E-state index is 5.44. The highest BCUT2D eigenvalue weighted by Crippen LogP contribution is 2.39. The zero-order valence-corrected chi connectivity index (χ0v) is 17.6. The van der Waals surface area contributed by atoms with Crippen LogP contribution in [0.25, 0.3) is 22.0 Å². The normalized spacial score (nSPS) is 12.5. The molecule has 0 aliphatic carbocycles. The number of hydrogen-bond acceptors (Lipinski definition) is 7. The van der Waals surface area contributed by atoms with Gasteiger partial charge in [0.25, 0.3) is 0 Å². The first-order chi connectivity index (χ1) is 14.2. The van der Waals surface area contributed by atoms with Crippen LogP contribution in [0.5, 0.6) is 11.5 Å². The molecule has 0 saturated heterocycles. The Bertz CT molecular complexity index is 1150. The largest absolute Gasteiger partial charge is 0.454 e. The molecule has 0 atom stereocenters. The zero-order chi connectivity index (χ0) is 19.8. The van der Waals surface area contributed by atoms with Crippen LogP contribution in [0.4, 0.5) is 10.8 Å². The minimum atomic E-state index is 0.270. The summed E-state index contributed by atoms with van der Waals surface area (Å²) in [6.07, 6.45) is 0.